The van der Waals surface area contributed by atoms with Gasteiger partial charge in [-0.05, 0) is 42.7 Å². The maximum Gasteiger partial charge on any atom is 0.322 e. The van der Waals surface area contributed by atoms with Crippen LogP contribution in [-0.4, -0.2) is 24.6 Å². The summed E-state index contributed by atoms with van der Waals surface area (Å²) in [6.07, 6.45) is 4.02. The van der Waals surface area contributed by atoms with Gasteiger partial charge in [0.2, 0.25) is 0 Å². The molecule has 2 aromatic rings. The second kappa shape index (κ2) is 8.01. The lowest BCUT2D eigenvalue weighted by Gasteiger charge is -2.30. The lowest BCUT2D eigenvalue weighted by atomic mass is 10.0. The van der Waals surface area contributed by atoms with E-state index in [-0.39, 0.29) is 17.8 Å². The summed E-state index contributed by atoms with van der Waals surface area (Å²) in [6, 6.07) is 13.8. The fraction of sp³-hybridized carbons (Fsp3) is 0.350. The van der Waals surface area contributed by atoms with Crippen molar-refractivity contribution < 1.29 is 13.9 Å². The summed E-state index contributed by atoms with van der Waals surface area (Å²) < 4.78 is 19.1. The number of para-hydroxylation sites is 1. The van der Waals surface area contributed by atoms with E-state index in [2.05, 4.69) is 5.32 Å². The maximum absolute atomic E-state index is 13.9. The SMILES string of the molecule is COc1ccc(C2CCCCCN2C(=O)Nc2ccccc2F)cc1. The summed E-state index contributed by atoms with van der Waals surface area (Å²) in [6.45, 7) is 0.664. The molecular weight excluding hydrogens is 319 g/mol. The van der Waals surface area contributed by atoms with Crippen molar-refractivity contribution in [2.45, 2.75) is 31.7 Å². The third-order valence-corrected chi connectivity index (χ3v) is 4.63. The molecule has 2 aromatic carbocycles. The van der Waals surface area contributed by atoms with Gasteiger partial charge in [0.25, 0.3) is 0 Å². The molecule has 1 fully saturated rings. The van der Waals surface area contributed by atoms with Crippen LogP contribution in [0, 0.1) is 5.82 Å². The number of hydrogen-bond acceptors (Lipinski definition) is 2. The summed E-state index contributed by atoms with van der Waals surface area (Å²) in [5.41, 5.74) is 1.29. The van der Waals surface area contributed by atoms with Crippen molar-refractivity contribution >= 4 is 11.7 Å². The van der Waals surface area contributed by atoms with E-state index < -0.39 is 5.82 Å². The first-order valence-electron chi connectivity index (χ1n) is 8.65. The molecule has 1 aliphatic rings. The van der Waals surface area contributed by atoms with E-state index in [4.69, 9.17) is 4.74 Å². The van der Waals surface area contributed by atoms with Crippen LogP contribution in [0.25, 0.3) is 0 Å². The number of halogens is 1. The second-order valence-electron chi connectivity index (χ2n) is 6.24. The first-order chi connectivity index (χ1) is 12.2. The first-order valence-corrected chi connectivity index (χ1v) is 8.65. The van der Waals surface area contributed by atoms with Crippen LogP contribution in [0.5, 0.6) is 5.75 Å². The molecular formula is C20H23FN2O2. The van der Waals surface area contributed by atoms with E-state index in [0.29, 0.717) is 6.54 Å². The van der Waals surface area contributed by atoms with Crippen LogP contribution in [0.3, 0.4) is 0 Å². The number of carbonyl (C=O) groups is 1. The quantitative estimate of drug-likeness (QED) is 0.854. The molecule has 3 rings (SSSR count). The number of nitrogens with one attached hydrogen (secondary N) is 1. The Balaban J connectivity index is 1.82. The van der Waals surface area contributed by atoms with Crippen molar-refractivity contribution in [2.24, 2.45) is 0 Å². The molecule has 0 bridgehead atoms. The summed E-state index contributed by atoms with van der Waals surface area (Å²) in [5, 5.41) is 2.72. The fourth-order valence-electron chi connectivity index (χ4n) is 3.27. The van der Waals surface area contributed by atoms with E-state index in [1.165, 1.54) is 6.07 Å². The lowest BCUT2D eigenvalue weighted by Crippen LogP contribution is -2.38. The average Bonchev–Trinajstić information content (AvgIpc) is 2.90. The highest BCUT2D eigenvalue weighted by Gasteiger charge is 2.27. The normalized spacial score (nSPS) is 17.7. The highest BCUT2D eigenvalue weighted by Crippen LogP contribution is 2.31. The zero-order valence-corrected chi connectivity index (χ0v) is 14.4. The number of methoxy groups -OCH3 is 1. The smallest absolute Gasteiger partial charge is 0.322 e. The highest BCUT2D eigenvalue weighted by molar-refractivity contribution is 5.89. The van der Waals surface area contributed by atoms with Crippen LogP contribution >= 0.6 is 0 Å². The minimum atomic E-state index is -0.424. The van der Waals surface area contributed by atoms with Crippen molar-refractivity contribution in [1.82, 2.24) is 4.90 Å². The van der Waals surface area contributed by atoms with E-state index in [1.54, 1.807) is 25.3 Å². The van der Waals surface area contributed by atoms with Crippen LogP contribution in [-0.2, 0) is 0 Å². The molecule has 1 heterocycles. The molecule has 0 aromatic heterocycles. The van der Waals surface area contributed by atoms with Gasteiger partial charge >= 0.3 is 6.03 Å². The Bertz CT molecular complexity index is 718. The van der Waals surface area contributed by atoms with E-state index in [1.807, 2.05) is 29.2 Å². The number of ether oxygens (including phenoxy) is 1. The van der Waals surface area contributed by atoms with Gasteiger partial charge in [-0.25, -0.2) is 9.18 Å². The summed E-state index contributed by atoms with van der Waals surface area (Å²) >= 11 is 0. The molecule has 1 unspecified atom stereocenters. The summed E-state index contributed by atoms with van der Waals surface area (Å²) in [7, 11) is 1.63. The van der Waals surface area contributed by atoms with Crippen molar-refractivity contribution in [3.8, 4) is 5.75 Å². The van der Waals surface area contributed by atoms with Gasteiger partial charge in [-0.2, -0.15) is 0 Å². The van der Waals surface area contributed by atoms with Crippen molar-refractivity contribution in [1.29, 1.82) is 0 Å². The number of benzene rings is 2. The molecule has 0 radical (unpaired) electrons. The van der Waals surface area contributed by atoms with Gasteiger partial charge in [0, 0.05) is 6.54 Å². The van der Waals surface area contributed by atoms with Gasteiger partial charge < -0.3 is 15.0 Å². The molecule has 0 spiro atoms. The predicted octanol–water partition coefficient (Wildman–Crippen LogP) is 4.98. The van der Waals surface area contributed by atoms with E-state index in [9.17, 15) is 9.18 Å². The monoisotopic (exact) mass is 342 g/mol. The topological polar surface area (TPSA) is 41.6 Å². The highest BCUT2D eigenvalue weighted by atomic mass is 19.1. The number of hydrogen-bond donors (Lipinski definition) is 1. The number of rotatable bonds is 3. The Labute approximate surface area is 147 Å². The molecule has 1 N–H and O–H groups in total. The van der Waals surface area contributed by atoms with Gasteiger partial charge in [-0.15, -0.1) is 0 Å². The van der Waals surface area contributed by atoms with Crippen LogP contribution in [0.1, 0.15) is 37.3 Å². The standard InChI is InChI=1S/C20H23FN2O2/c1-25-16-12-10-15(11-13-16)19-9-3-2-6-14-23(19)20(24)22-18-8-5-4-7-17(18)21/h4-5,7-8,10-13,19H,2-3,6,9,14H2,1H3,(H,22,24). The van der Waals surface area contributed by atoms with Crippen molar-refractivity contribution in [3.63, 3.8) is 0 Å². The Hall–Kier alpha value is -2.56. The van der Waals surface area contributed by atoms with Gasteiger partial charge in [0.15, 0.2) is 0 Å². The number of amides is 2. The molecule has 1 atom stereocenters. The molecule has 5 heteroatoms. The lowest BCUT2D eigenvalue weighted by molar-refractivity contribution is 0.189. The number of urea groups is 1. The number of carbonyl (C=O) groups excluding carboxylic acids is 1. The maximum atomic E-state index is 13.9. The zero-order valence-electron chi connectivity index (χ0n) is 14.4. The third kappa shape index (κ3) is 4.10. The zero-order chi connectivity index (χ0) is 17.6. The Morgan fingerprint density at radius 2 is 1.88 bits per heavy atom. The largest absolute Gasteiger partial charge is 0.497 e. The first kappa shape index (κ1) is 17.3. The van der Waals surface area contributed by atoms with E-state index >= 15 is 0 Å². The molecule has 4 nitrogen and oxygen atoms in total. The third-order valence-electron chi connectivity index (χ3n) is 4.63. The number of nitrogens with zero attached hydrogens (tertiary/aromatic N) is 1. The van der Waals surface area contributed by atoms with Crippen LogP contribution in [0.15, 0.2) is 48.5 Å². The molecule has 1 saturated heterocycles. The minimum Gasteiger partial charge on any atom is -0.497 e. The van der Waals surface area contributed by atoms with E-state index in [0.717, 1.165) is 37.0 Å². The summed E-state index contributed by atoms with van der Waals surface area (Å²) in [5.74, 6) is 0.367. The minimum absolute atomic E-state index is 0.0137. The Morgan fingerprint density at radius 1 is 1.12 bits per heavy atom. The van der Waals surface area contributed by atoms with Gasteiger partial charge in [-0.1, -0.05) is 37.1 Å². The van der Waals surface area contributed by atoms with Gasteiger partial charge in [-0.3, -0.25) is 0 Å². The Morgan fingerprint density at radius 3 is 2.60 bits per heavy atom. The van der Waals surface area contributed by atoms with Crippen molar-refractivity contribution in [2.75, 3.05) is 19.0 Å². The van der Waals surface area contributed by atoms with Crippen LogP contribution in [0.2, 0.25) is 0 Å². The molecule has 0 aliphatic carbocycles. The van der Waals surface area contributed by atoms with Crippen LogP contribution in [0.4, 0.5) is 14.9 Å². The second-order valence-corrected chi connectivity index (χ2v) is 6.24. The van der Waals surface area contributed by atoms with Gasteiger partial charge in [0.05, 0.1) is 18.8 Å². The molecule has 1 aliphatic heterocycles. The van der Waals surface area contributed by atoms with Gasteiger partial charge in [0.1, 0.15) is 11.6 Å². The fourth-order valence-corrected chi connectivity index (χ4v) is 3.27. The van der Waals surface area contributed by atoms with Crippen LogP contribution < -0.4 is 10.1 Å². The summed E-state index contributed by atoms with van der Waals surface area (Å²) in [4.78, 5) is 14.6. The molecule has 0 saturated carbocycles. The number of likely N-dealkylation sites (tertiary alicyclic amines) is 1. The average molecular weight is 342 g/mol. The Kier molecular flexibility index (Phi) is 5.53. The molecule has 25 heavy (non-hydrogen) atoms. The number of anilines is 1. The predicted molar refractivity (Wildman–Crippen MR) is 96.3 cm³/mol. The van der Waals surface area contributed by atoms with Crippen molar-refractivity contribution in [3.05, 3.63) is 59.9 Å². The molecule has 2 amide bonds. The molecule has 132 valence electrons.